The van der Waals surface area contributed by atoms with Crippen LogP contribution in [0.1, 0.15) is 5.56 Å². The Kier molecular flexibility index (Phi) is 3.93. The van der Waals surface area contributed by atoms with Gasteiger partial charge in [0.15, 0.2) is 0 Å². The topological polar surface area (TPSA) is 72.7 Å². The van der Waals surface area contributed by atoms with Crippen molar-refractivity contribution in [2.24, 2.45) is 0 Å². The van der Waals surface area contributed by atoms with Crippen molar-refractivity contribution in [3.63, 3.8) is 0 Å². The Morgan fingerprint density at radius 1 is 1.50 bits per heavy atom. The number of halogens is 1. The average molecular weight is 315 g/mol. The number of hydrogen-bond donors (Lipinski definition) is 0. The highest BCUT2D eigenvalue weighted by atomic mass is 79.9. The Morgan fingerprint density at radius 2 is 2.28 bits per heavy atom. The molecule has 0 saturated carbocycles. The molecule has 0 spiro atoms. The molecular weight excluding hydrogens is 304 g/mol. The predicted octanol–water partition coefficient (Wildman–Crippen LogP) is 1.72. The Labute approximate surface area is 112 Å². The van der Waals surface area contributed by atoms with Gasteiger partial charge in [-0.2, -0.15) is 0 Å². The summed E-state index contributed by atoms with van der Waals surface area (Å²) >= 11 is 3.22. The molecule has 1 saturated heterocycles. The summed E-state index contributed by atoms with van der Waals surface area (Å²) in [4.78, 5) is 23.6. The van der Waals surface area contributed by atoms with Gasteiger partial charge in [-0.3, -0.25) is 14.9 Å². The Balaban J connectivity index is 2.21. The maximum absolute atomic E-state index is 11.6. The highest BCUT2D eigenvalue weighted by molar-refractivity contribution is 9.10. The molecule has 1 heterocycles. The second-order valence-electron chi connectivity index (χ2n) is 3.88. The van der Waals surface area contributed by atoms with Crippen molar-refractivity contribution in [1.29, 1.82) is 0 Å². The standard InChI is InChI=1S/C11H11BrN2O4/c12-11-8(2-1-3-9(11)14(16)17)6-13-4-5-18-7-10(13)15/h1-3H,4-7H2. The van der Waals surface area contributed by atoms with Crippen LogP contribution in [0.4, 0.5) is 5.69 Å². The van der Waals surface area contributed by atoms with Crippen LogP contribution in [0.15, 0.2) is 22.7 Å². The molecule has 96 valence electrons. The van der Waals surface area contributed by atoms with Crippen LogP contribution in [-0.4, -0.2) is 35.5 Å². The quantitative estimate of drug-likeness (QED) is 0.629. The monoisotopic (exact) mass is 314 g/mol. The summed E-state index contributed by atoms with van der Waals surface area (Å²) in [5.41, 5.74) is 0.729. The van der Waals surface area contributed by atoms with Gasteiger partial charge in [0.1, 0.15) is 11.1 Å². The number of ether oxygens (including phenoxy) is 1. The second kappa shape index (κ2) is 5.45. The van der Waals surface area contributed by atoms with E-state index in [1.165, 1.54) is 6.07 Å². The lowest BCUT2D eigenvalue weighted by molar-refractivity contribution is -0.385. The minimum atomic E-state index is -0.450. The molecule has 0 unspecified atom stereocenters. The third-order valence-electron chi connectivity index (χ3n) is 2.70. The number of hydrogen-bond acceptors (Lipinski definition) is 4. The van der Waals surface area contributed by atoms with Gasteiger partial charge in [0.25, 0.3) is 5.69 Å². The van der Waals surface area contributed by atoms with Gasteiger partial charge in [-0.1, -0.05) is 12.1 Å². The van der Waals surface area contributed by atoms with E-state index in [1.54, 1.807) is 17.0 Å². The van der Waals surface area contributed by atoms with Crippen molar-refractivity contribution in [2.75, 3.05) is 19.8 Å². The zero-order valence-corrected chi connectivity index (χ0v) is 11.1. The average Bonchev–Trinajstić information content (AvgIpc) is 2.34. The molecule has 18 heavy (non-hydrogen) atoms. The molecule has 6 nitrogen and oxygen atoms in total. The third kappa shape index (κ3) is 2.68. The largest absolute Gasteiger partial charge is 0.370 e. The molecular formula is C11H11BrN2O4. The van der Waals surface area contributed by atoms with Gasteiger partial charge < -0.3 is 9.64 Å². The van der Waals surface area contributed by atoms with E-state index in [9.17, 15) is 14.9 Å². The highest BCUT2D eigenvalue weighted by Crippen LogP contribution is 2.29. The van der Waals surface area contributed by atoms with Gasteiger partial charge >= 0.3 is 0 Å². The zero-order chi connectivity index (χ0) is 13.1. The van der Waals surface area contributed by atoms with Crippen LogP contribution >= 0.6 is 15.9 Å². The third-order valence-corrected chi connectivity index (χ3v) is 3.62. The number of morpholine rings is 1. The van der Waals surface area contributed by atoms with Crippen LogP contribution in [-0.2, 0) is 16.1 Å². The van der Waals surface area contributed by atoms with Crippen molar-refractivity contribution in [3.8, 4) is 0 Å². The minimum Gasteiger partial charge on any atom is -0.370 e. The first-order valence-corrected chi connectivity index (χ1v) is 6.16. The number of benzene rings is 1. The number of carbonyl (C=O) groups is 1. The Hall–Kier alpha value is -1.47. The normalized spacial score (nSPS) is 15.8. The van der Waals surface area contributed by atoms with Crippen LogP contribution in [0.5, 0.6) is 0 Å². The maximum atomic E-state index is 11.6. The predicted molar refractivity (Wildman–Crippen MR) is 67.0 cm³/mol. The summed E-state index contributed by atoms with van der Waals surface area (Å²) in [7, 11) is 0. The van der Waals surface area contributed by atoms with E-state index in [0.29, 0.717) is 24.2 Å². The summed E-state index contributed by atoms with van der Waals surface area (Å²) in [6.07, 6.45) is 0. The fraction of sp³-hybridized carbons (Fsp3) is 0.364. The SMILES string of the molecule is O=C1COCCN1Cc1cccc([N+](=O)[O-])c1Br. The van der Waals surface area contributed by atoms with Crippen molar-refractivity contribution in [3.05, 3.63) is 38.3 Å². The first kappa shape index (κ1) is 13.0. The van der Waals surface area contributed by atoms with Crippen molar-refractivity contribution in [2.45, 2.75) is 6.54 Å². The molecule has 0 aromatic heterocycles. The summed E-state index contributed by atoms with van der Waals surface area (Å²) in [6.45, 7) is 1.43. The molecule has 7 heteroatoms. The van der Waals surface area contributed by atoms with E-state index in [4.69, 9.17) is 4.74 Å². The second-order valence-corrected chi connectivity index (χ2v) is 4.67. The number of nitrogens with zero attached hydrogens (tertiary/aromatic N) is 2. The molecule has 1 aromatic rings. The number of carbonyl (C=O) groups excluding carboxylic acids is 1. The van der Waals surface area contributed by atoms with Gasteiger partial charge in [0.2, 0.25) is 5.91 Å². The summed E-state index contributed by atoms with van der Waals surface area (Å²) < 4.78 is 5.46. The molecule has 2 rings (SSSR count). The molecule has 0 aliphatic carbocycles. The lowest BCUT2D eigenvalue weighted by Crippen LogP contribution is -2.41. The van der Waals surface area contributed by atoms with Crippen molar-refractivity contribution >= 4 is 27.5 Å². The van der Waals surface area contributed by atoms with E-state index >= 15 is 0 Å². The van der Waals surface area contributed by atoms with Gasteiger partial charge in [-0.15, -0.1) is 0 Å². The van der Waals surface area contributed by atoms with E-state index in [-0.39, 0.29) is 18.2 Å². The van der Waals surface area contributed by atoms with Crippen molar-refractivity contribution in [1.82, 2.24) is 4.90 Å². The first-order chi connectivity index (χ1) is 8.59. The van der Waals surface area contributed by atoms with Gasteiger partial charge in [-0.05, 0) is 21.5 Å². The van der Waals surface area contributed by atoms with E-state index in [1.807, 2.05) is 0 Å². The lowest BCUT2D eigenvalue weighted by Gasteiger charge is -2.27. The summed E-state index contributed by atoms with van der Waals surface area (Å²) in [6, 6.07) is 4.80. The Morgan fingerprint density at radius 3 is 2.94 bits per heavy atom. The zero-order valence-electron chi connectivity index (χ0n) is 9.47. The summed E-state index contributed by atoms with van der Waals surface area (Å²) in [5, 5.41) is 10.8. The molecule has 1 aliphatic heterocycles. The van der Waals surface area contributed by atoms with E-state index in [0.717, 1.165) is 5.56 Å². The first-order valence-electron chi connectivity index (χ1n) is 5.37. The van der Waals surface area contributed by atoms with E-state index < -0.39 is 4.92 Å². The Bertz CT molecular complexity index is 492. The highest BCUT2D eigenvalue weighted by Gasteiger charge is 2.21. The number of rotatable bonds is 3. The molecule has 0 bridgehead atoms. The lowest BCUT2D eigenvalue weighted by atomic mass is 10.2. The minimum absolute atomic E-state index is 0.00760. The number of nitro groups is 1. The van der Waals surface area contributed by atoms with Crippen LogP contribution in [0.3, 0.4) is 0 Å². The van der Waals surface area contributed by atoms with Gasteiger partial charge in [-0.25, -0.2) is 0 Å². The molecule has 0 atom stereocenters. The van der Waals surface area contributed by atoms with E-state index in [2.05, 4.69) is 15.9 Å². The fourth-order valence-electron chi connectivity index (χ4n) is 1.75. The van der Waals surface area contributed by atoms with Crippen LogP contribution in [0, 0.1) is 10.1 Å². The molecule has 1 amide bonds. The molecule has 1 aromatic carbocycles. The molecule has 0 N–H and O–H groups in total. The molecule has 0 radical (unpaired) electrons. The maximum Gasteiger partial charge on any atom is 0.283 e. The van der Waals surface area contributed by atoms with Crippen molar-refractivity contribution < 1.29 is 14.5 Å². The van der Waals surface area contributed by atoms with Gasteiger partial charge in [0, 0.05) is 19.2 Å². The number of nitro benzene ring substituents is 1. The molecule has 1 aliphatic rings. The smallest absolute Gasteiger partial charge is 0.283 e. The summed E-state index contributed by atoms with van der Waals surface area (Å²) in [5.74, 6) is -0.0975. The fourth-order valence-corrected chi connectivity index (χ4v) is 2.29. The van der Waals surface area contributed by atoms with Crippen LogP contribution in [0.25, 0.3) is 0 Å². The van der Waals surface area contributed by atoms with Crippen LogP contribution in [0.2, 0.25) is 0 Å². The number of amides is 1. The molecule has 1 fully saturated rings. The van der Waals surface area contributed by atoms with Gasteiger partial charge in [0.05, 0.1) is 11.5 Å². The van der Waals surface area contributed by atoms with Crippen LogP contribution < -0.4 is 0 Å².